The summed E-state index contributed by atoms with van der Waals surface area (Å²) >= 11 is 0. The van der Waals surface area contributed by atoms with Crippen LogP contribution >= 0.6 is 0 Å². The third kappa shape index (κ3) is 11.6. The fourth-order valence-corrected chi connectivity index (χ4v) is 1.62. The highest BCUT2D eigenvalue weighted by atomic mass is 14.4. The van der Waals surface area contributed by atoms with Gasteiger partial charge in [-0.1, -0.05) is 44.1 Å². The van der Waals surface area contributed by atoms with Crippen LogP contribution in [0.4, 0.5) is 0 Å². The number of hydrogen-bond donors (Lipinski definition) is 1. The van der Waals surface area contributed by atoms with Crippen molar-refractivity contribution < 1.29 is 0 Å². The van der Waals surface area contributed by atoms with Crippen molar-refractivity contribution >= 4 is 5.71 Å². The van der Waals surface area contributed by atoms with Gasteiger partial charge in [-0.05, 0) is 58.3 Å². The fourth-order valence-electron chi connectivity index (χ4n) is 1.62. The van der Waals surface area contributed by atoms with Crippen molar-refractivity contribution in [3.63, 3.8) is 0 Å². The lowest BCUT2D eigenvalue weighted by Gasteiger charge is -2.15. The molecule has 0 aromatic rings. The van der Waals surface area contributed by atoms with E-state index in [1.54, 1.807) is 0 Å². The lowest BCUT2D eigenvalue weighted by Crippen LogP contribution is -2.02. The molecule has 0 aliphatic heterocycles. The predicted molar refractivity (Wildman–Crippen MR) is 83.5 cm³/mol. The summed E-state index contributed by atoms with van der Waals surface area (Å²) in [7, 11) is 0. The van der Waals surface area contributed by atoms with E-state index in [0.29, 0.717) is 5.41 Å². The Morgan fingerprint density at radius 1 is 0.889 bits per heavy atom. The molecule has 1 nitrogen and oxygen atoms in total. The summed E-state index contributed by atoms with van der Waals surface area (Å²) in [5, 5.41) is 7.41. The molecule has 0 bridgehead atoms. The molecule has 0 fully saturated rings. The standard InChI is InChI=1S/C17H31N/c1-14(10-11-16(3)18)8-7-9-15(2)12-13-17(4,5)6/h8,12,18H,7,9-11,13H2,1-6H3/b14-8+,15-12+,18-16?. The number of hydrogen-bond acceptors (Lipinski definition) is 1. The Balaban J connectivity index is 3.95. The minimum Gasteiger partial charge on any atom is -0.310 e. The topological polar surface area (TPSA) is 23.9 Å². The molecule has 18 heavy (non-hydrogen) atoms. The Bertz CT molecular complexity index is 313. The predicted octanol–water partition coefficient (Wildman–Crippen LogP) is 5.92. The molecule has 0 aliphatic carbocycles. The average molecular weight is 249 g/mol. The molecule has 0 saturated heterocycles. The van der Waals surface area contributed by atoms with Gasteiger partial charge in [0.1, 0.15) is 0 Å². The number of nitrogens with one attached hydrogen (secondary N) is 1. The molecule has 0 amide bonds. The van der Waals surface area contributed by atoms with Crippen LogP contribution in [0.5, 0.6) is 0 Å². The Morgan fingerprint density at radius 2 is 1.44 bits per heavy atom. The van der Waals surface area contributed by atoms with E-state index < -0.39 is 0 Å². The normalized spacial score (nSPS) is 13.9. The van der Waals surface area contributed by atoms with Crippen molar-refractivity contribution in [2.24, 2.45) is 5.41 Å². The first kappa shape index (κ1) is 17.2. The van der Waals surface area contributed by atoms with Crippen molar-refractivity contribution in [1.29, 1.82) is 5.41 Å². The molecule has 0 heterocycles. The van der Waals surface area contributed by atoms with Crippen molar-refractivity contribution in [1.82, 2.24) is 0 Å². The van der Waals surface area contributed by atoms with Gasteiger partial charge in [-0.25, -0.2) is 0 Å². The van der Waals surface area contributed by atoms with Gasteiger partial charge >= 0.3 is 0 Å². The van der Waals surface area contributed by atoms with Gasteiger partial charge in [0.05, 0.1) is 0 Å². The largest absolute Gasteiger partial charge is 0.310 e. The smallest absolute Gasteiger partial charge is 0.00614 e. The lowest BCUT2D eigenvalue weighted by molar-refractivity contribution is 0.419. The van der Waals surface area contributed by atoms with Gasteiger partial charge in [0, 0.05) is 5.71 Å². The molecule has 0 unspecified atom stereocenters. The zero-order valence-electron chi connectivity index (χ0n) is 13.2. The van der Waals surface area contributed by atoms with Crippen LogP contribution in [0.3, 0.4) is 0 Å². The van der Waals surface area contributed by atoms with E-state index in [0.717, 1.165) is 37.8 Å². The first-order valence-corrected chi connectivity index (χ1v) is 7.06. The Morgan fingerprint density at radius 3 is 1.94 bits per heavy atom. The summed E-state index contributed by atoms with van der Waals surface area (Å²) in [5.74, 6) is 0. The molecule has 0 radical (unpaired) electrons. The summed E-state index contributed by atoms with van der Waals surface area (Å²) in [6.45, 7) is 13.1. The van der Waals surface area contributed by atoms with E-state index in [2.05, 4.69) is 46.8 Å². The van der Waals surface area contributed by atoms with Gasteiger partial charge in [0.2, 0.25) is 0 Å². The highest BCUT2D eigenvalue weighted by Crippen LogP contribution is 2.21. The van der Waals surface area contributed by atoms with Crippen LogP contribution in [0.1, 0.15) is 73.6 Å². The quantitative estimate of drug-likeness (QED) is 0.428. The maximum Gasteiger partial charge on any atom is 0.00614 e. The third-order valence-electron chi connectivity index (χ3n) is 2.99. The number of rotatable bonds is 7. The first-order valence-electron chi connectivity index (χ1n) is 7.06. The lowest BCUT2D eigenvalue weighted by atomic mass is 9.91. The van der Waals surface area contributed by atoms with Gasteiger partial charge in [-0.3, -0.25) is 0 Å². The van der Waals surface area contributed by atoms with E-state index in [1.165, 1.54) is 11.1 Å². The molecular weight excluding hydrogens is 218 g/mol. The van der Waals surface area contributed by atoms with E-state index in [-0.39, 0.29) is 0 Å². The molecule has 104 valence electrons. The molecule has 0 saturated carbocycles. The van der Waals surface area contributed by atoms with Crippen molar-refractivity contribution in [3.05, 3.63) is 23.3 Å². The molecule has 0 rings (SSSR count). The van der Waals surface area contributed by atoms with Gasteiger partial charge in [-0.15, -0.1) is 0 Å². The van der Waals surface area contributed by atoms with Crippen LogP contribution in [0, 0.1) is 10.8 Å². The van der Waals surface area contributed by atoms with Gasteiger partial charge in [-0.2, -0.15) is 0 Å². The van der Waals surface area contributed by atoms with Crippen molar-refractivity contribution in [3.8, 4) is 0 Å². The second-order valence-corrected chi connectivity index (χ2v) is 6.68. The SMILES string of the molecule is CC(=N)CC/C(C)=C/CC/C(C)=C/CC(C)(C)C. The average Bonchev–Trinajstić information content (AvgIpc) is 2.22. The molecule has 0 atom stereocenters. The van der Waals surface area contributed by atoms with Gasteiger partial charge in [0.25, 0.3) is 0 Å². The Labute approximate surface area is 114 Å². The molecule has 0 aliphatic rings. The maximum atomic E-state index is 7.41. The van der Waals surface area contributed by atoms with Crippen LogP contribution in [0.25, 0.3) is 0 Å². The van der Waals surface area contributed by atoms with Crippen LogP contribution in [0.2, 0.25) is 0 Å². The summed E-state index contributed by atoms with van der Waals surface area (Å²) in [6.07, 6.45) is 10.1. The van der Waals surface area contributed by atoms with Crippen LogP contribution in [-0.2, 0) is 0 Å². The first-order chi connectivity index (χ1) is 8.20. The number of allylic oxidation sites excluding steroid dienone is 4. The van der Waals surface area contributed by atoms with Crippen molar-refractivity contribution in [2.75, 3.05) is 0 Å². The second-order valence-electron chi connectivity index (χ2n) is 6.68. The van der Waals surface area contributed by atoms with Gasteiger partial charge < -0.3 is 5.41 Å². The summed E-state index contributed by atoms with van der Waals surface area (Å²) in [4.78, 5) is 0. The fraction of sp³-hybridized carbons (Fsp3) is 0.706. The molecule has 1 heteroatoms. The highest BCUT2D eigenvalue weighted by Gasteiger charge is 2.07. The third-order valence-corrected chi connectivity index (χ3v) is 2.99. The van der Waals surface area contributed by atoms with E-state index in [4.69, 9.17) is 5.41 Å². The van der Waals surface area contributed by atoms with E-state index in [1.807, 2.05) is 6.92 Å². The van der Waals surface area contributed by atoms with E-state index in [9.17, 15) is 0 Å². The molecule has 0 spiro atoms. The Kier molecular flexibility index (Phi) is 7.90. The second kappa shape index (κ2) is 8.29. The minimum absolute atomic E-state index is 0.397. The zero-order valence-corrected chi connectivity index (χ0v) is 13.2. The van der Waals surface area contributed by atoms with Crippen LogP contribution < -0.4 is 0 Å². The summed E-state index contributed by atoms with van der Waals surface area (Å²) in [6, 6.07) is 0. The van der Waals surface area contributed by atoms with Crippen LogP contribution in [-0.4, -0.2) is 5.71 Å². The molecule has 1 N–H and O–H groups in total. The minimum atomic E-state index is 0.397. The molecule has 0 aromatic heterocycles. The molecule has 0 aromatic carbocycles. The maximum absolute atomic E-state index is 7.41. The monoisotopic (exact) mass is 249 g/mol. The summed E-state index contributed by atoms with van der Waals surface area (Å²) < 4.78 is 0. The Hall–Kier alpha value is -0.850. The van der Waals surface area contributed by atoms with Crippen molar-refractivity contribution in [2.45, 2.75) is 73.6 Å². The highest BCUT2D eigenvalue weighted by molar-refractivity contribution is 5.78. The zero-order chi connectivity index (χ0) is 14.2. The van der Waals surface area contributed by atoms with Gasteiger partial charge in [0.15, 0.2) is 0 Å². The van der Waals surface area contributed by atoms with Crippen LogP contribution in [0.15, 0.2) is 23.3 Å². The molecular formula is C17H31N. The summed E-state index contributed by atoms with van der Waals surface area (Å²) in [5.41, 5.74) is 4.10. The van der Waals surface area contributed by atoms with E-state index >= 15 is 0 Å².